The van der Waals surface area contributed by atoms with Gasteiger partial charge in [0.2, 0.25) is 0 Å². The summed E-state index contributed by atoms with van der Waals surface area (Å²) in [4.78, 5) is 4.48. The van der Waals surface area contributed by atoms with Crippen molar-refractivity contribution in [2.75, 3.05) is 13.2 Å². The average molecular weight is 380 g/mol. The van der Waals surface area contributed by atoms with Crippen LogP contribution in [0.4, 0.5) is 0 Å². The Balaban J connectivity index is 2.08. The number of rotatable bonds is 9. The zero-order chi connectivity index (χ0) is 20.4. The Morgan fingerprint density at radius 2 is 1.61 bits per heavy atom. The van der Waals surface area contributed by atoms with Crippen LogP contribution in [-0.4, -0.2) is 25.0 Å². The van der Waals surface area contributed by atoms with E-state index in [1.807, 2.05) is 31.2 Å². The predicted octanol–water partition coefficient (Wildman–Crippen LogP) is 3.77. The van der Waals surface area contributed by atoms with Crippen LogP contribution in [0, 0.1) is 40.4 Å². The van der Waals surface area contributed by atoms with Gasteiger partial charge in [0.15, 0.2) is 5.41 Å². The lowest BCUT2D eigenvalue weighted by atomic mass is 9.93. The molecule has 28 heavy (non-hydrogen) atoms. The first-order valence-electron chi connectivity index (χ1n) is 10.0. The standard InChI is InChI=1S/C22H28N4O2/c1-4-6-12-27-22(28-13-7-5-2)21(15-24)18(17-10-8-16(3)9-11-17)20(21,14-23)19(25)26-22/h8-11,18H,4-7,12-13H2,1-3H3,(H2,25,26). The summed E-state index contributed by atoms with van der Waals surface area (Å²) in [7, 11) is 0. The highest BCUT2D eigenvalue weighted by molar-refractivity contribution is 6.00. The second-order valence-electron chi connectivity index (χ2n) is 7.67. The molecule has 1 heterocycles. The third-order valence-corrected chi connectivity index (χ3v) is 5.93. The van der Waals surface area contributed by atoms with Crippen LogP contribution in [0.1, 0.15) is 56.6 Å². The first-order chi connectivity index (χ1) is 13.5. The molecule has 6 heteroatoms. The first-order valence-corrected chi connectivity index (χ1v) is 10.0. The highest BCUT2D eigenvalue weighted by Crippen LogP contribution is 2.82. The van der Waals surface area contributed by atoms with Gasteiger partial charge in [0.05, 0.1) is 25.4 Å². The van der Waals surface area contributed by atoms with E-state index in [1.165, 1.54) is 0 Å². The summed E-state index contributed by atoms with van der Waals surface area (Å²) in [5, 5.41) is 20.4. The largest absolute Gasteiger partial charge is 0.386 e. The quantitative estimate of drug-likeness (QED) is 0.519. The van der Waals surface area contributed by atoms with Gasteiger partial charge in [-0.3, -0.25) is 0 Å². The third-order valence-electron chi connectivity index (χ3n) is 5.93. The minimum Gasteiger partial charge on any atom is -0.386 e. The van der Waals surface area contributed by atoms with Crippen molar-refractivity contribution in [1.82, 2.24) is 0 Å². The maximum Gasteiger partial charge on any atom is 0.293 e. The molecule has 3 atom stereocenters. The van der Waals surface area contributed by atoms with Crippen LogP contribution >= 0.6 is 0 Å². The average Bonchev–Trinajstić information content (AvgIpc) is 3.27. The number of hydrogen-bond acceptors (Lipinski definition) is 6. The van der Waals surface area contributed by atoms with Gasteiger partial charge in [-0.2, -0.15) is 10.5 Å². The minimum absolute atomic E-state index is 0.134. The molecular weight excluding hydrogens is 352 g/mol. The Morgan fingerprint density at radius 3 is 2.07 bits per heavy atom. The number of hydrogen-bond donors (Lipinski definition) is 1. The molecule has 6 nitrogen and oxygen atoms in total. The van der Waals surface area contributed by atoms with Gasteiger partial charge < -0.3 is 15.2 Å². The van der Waals surface area contributed by atoms with E-state index in [0.29, 0.717) is 13.2 Å². The molecule has 148 valence electrons. The number of unbranched alkanes of at least 4 members (excludes halogenated alkanes) is 2. The number of nitriles is 2. The molecule has 0 spiro atoms. The molecule has 2 N–H and O–H groups in total. The fourth-order valence-corrected chi connectivity index (χ4v) is 4.33. The van der Waals surface area contributed by atoms with Crippen LogP contribution in [0.2, 0.25) is 0 Å². The van der Waals surface area contributed by atoms with Crippen molar-refractivity contribution >= 4 is 5.84 Å². The van der Waals surface area contributed by atoms with E-state index < -0.39 is 22.7 Å². The lowest BCUT2D eigenvalue weighted by Crippen LogP contribution is -2.44. The number of ether oxygens (including phenoxy) is 2. The van der Waals surface area contributed by atoms with Crippen molar-refractivity contribution in [3.8, 4) is 12.1 Å². The second kappa shape index (κ2) is 7.54. The minimum atomic E-state index is -1.54. The number of amidine groups is 1. The van der Waals surface area contributed by atoms with Crippen LogP contribution in [-0.2, 0) is 9.47 Å². The van der Waals surface area contributed by atoms with Gasteiger partial charge in [-0.1, -0.05) is 56.5 Å². The van der Waals surface area contributed by atoms with Crippen molar-refractivity contribution in [3.05, 3.63) is 35.4 Å². The Kier molecular flexibility index (Phi) is 5.48. The molecule has 1 aliphatic heterocycles. The van der Waals surface area contributed by atoms with E-state index in [-0.39, 0.29) is 5.84 Å². The number of nitrogens with two attached hydrogens (primary N) is 1. The summed E-state index contributed by atoms with van der Waals surface area (Å²) in [5.74, 6) is -1.84. The maximum atomic E-state index is 10.3. The SMILES string of the molecule is CCCCOC1(OCCCC)N=C(N)C2(C#N)C(c3ccc(C)cc3)C12C#N. The van der Waals surface area contributed by atoms with Crippen molar-refractivity contribution < 1.29 is 9.47 Å². The van der Waals surface area contributed by atoms with Gasteiger partial charge in [-0.15, -0.1) is 0 Å². The van der Waals surface area contributed by atoms with E-state index in [0.717, 1.165) is 36.8 Å². The molecule has 2 aliphatic rings. The second-order valence-corrected chi connectivity index (χ2v) is 7.67. The summed E-state index contributed by atoms with van der Waals surface area (Å²) >= 11 is 0. The maximum absolute atomic E-state index is 10.3. The first kappa shape index (κ1) is 20.3. The monoisotopic (exact) mass is 380 g/mol. The van der Waals surface area contributed by atoms with E-state index in [4.69, 9.17) is 15.2 Å². The molecule has 1 saturated carbocycles. The Morgan fingerprint density at radius 1 is 1.04 bits per heavy atom. The van der Waals surface area contributed by atoms with E-state index >= 15 is 0 Å². The number of fused-ring (bicyclic) bond motifs is 1. The zero-order valence-corrected chi connectivity index (χ0v) is 16.9. The van der Waals surface area contributed by atoms with Gasteiger partial charge >= 0.3 is 0 Å². The van der Waals surface area contributed by atoms with Gasteiger partial charge in [-0.05, 0) is 25.3 Å². The highest BCUT2D eigenvalue weighted by atomic mass is 16.7. The lowest BCUT2D eigenvalue weighted by molar-refractivity contribution is -0.260. The normalized spacial score (nSPS) is 29.5. The fourth-order valence-electron chi connectivity index (χ4n) is 4.33. The lowest BCUT2D eigenvalue weighted by Gasteiger charge is -2.32. The Labute approximate surface area is 167 Å². The fraction of sp³-hybridized carbons (Fsp3) is 0.591. The molecule has 0 bridgehead atoms. The molecule has 1 aliphatic carbocycles. The number of aliphatic imine (C=N–C) groups is 1. The summed E-state index contributed by atoms with van der Waals surface area (Å²) < 4.78 is 12.3. The van der Waals surface area contributed by atoms with Crippen molar-refractivity contribution in [2.24, 2.45) is 21.6 Å². The zero-order valence-electron chi connectivity index (χ0n) is 16.9. The van der Waals surface area contributed by atoms with E-state index in [9.17, 15) is 10.5 Å². The smallest absolute Gasteiger partial charge is 0.293 e. The summed E-state index contributed by atoms with van der Waals surface area (Å²) in [6.45, 7) is 6.91. The molecule has 0 aromatic heterocycles. The summed E-state index contributed by atoms with van der Waals surface area (Å²) in [5.41, 5.74) is 5.77. The van der Waals surface area contributed by atoms with Crippen molar-refractivity contribution in [1.29, 1.82) is 10.5 Å². The number of aryl methyl sites for hydroxylation is 1. The Bertz CT molecular complexity index is 826. The molecule has 1 fully saturated rings. The molecule has 1 aromatic rings. The van der Waals surface area contributed by atoms with E-state index in [2.05, 4.69) is 31.0 Å². The predicted molar refractivity (Wildman–Crippen MR) is 106 cm³/mol. The van der Waals surface area contributed by atoms with E-state index in [1.54, 1.807) is 0 Å². The van der Waals surface area contributed by atoms with Crippen LogP contribution in [0.15, 0.2) is 29.3 Å². The molecule has 0 amide bonds. The molecule has 1 aromatic carbocycles. The van der Waals surface area contributed by atoms with Crippen LogP contribution < -0.4 is 5.73 Å². The summed E-state index contributed by atoms with van der Waals surface area (Å²) in [6.07, 6.45) is 3.50. The number of benzene rings is 1. The molecular formula is C22H28N4O2. The number of nitrogens with zero attached hydrogens (tertiary/aromatic N) is 3. The molecule has 0 saturated heterocycles. The summed E-state index contributed by atoms with van der Waals surface area (Å²) in [6, 6.07) is 12.5. The van der Waals surface area contributed by atoms with Crippen molar-refractivity contribution in [3.63, 3.8) is 0 Å². The topological polar surface area (TPSA) is 104 Å². The van der Waals surface area contributed by atoms with Crippen molar-refractivity contribution in [2.45, 2.75) is 58.3 Å². The van der Waals surface area contributed by atoms with Gasteiger partial charge in [-0.25, -0.2) is 4.99 Å². The van der Waals surface area contributed by atoms with Gasteiger partial charge in [0.25, 0.3) is 5.91 Å². The molecule has 3 unspecified atom stereocenters. The van der Waals surface area contributed by atoms with Gasteiger partial charge in [0, 0.05) is 5.92 Å². The van der Waals surface area contributed by atoms with Crippen LogP contribution in [0.3, 0.4) is 0 Å². The highest BCUT2D eigenvalue weighted by Gasteiger charge is 2.93. The third kappa shape index (κ3) is 2.56. The molecule has 3 rings (SSSR count). The van der Waals surface area contributed by atoms with Crippen LogP contribution in [0.25, 0.3) is 0 Å². The van der Waals surface area contributed by atoms with Gasteiger partial charge in [0.1, 0.15) is 11.3 Å². The molecule has 0 radical (unpaired) electrons. The Hall–Kier alpha value is -2.41. The van der Waals surface area contributed by atoms with Crippen LogP contribution in [0.5, 0.6) is 0 Å².